The van der Waals surface area contributed by atoms with Crippen molar-refractivity contribution in [2.24, 2.45) is 11.5 Å². The number of thioether (sulfide) groups is 1. The lowest BCUT2D eigenvalue weighted by Gasteiger charge is -2.19. The Balaban J connectivity index is 4.62. The maximum absolute atomic E-state index is 11.9. The number of carbonyl (C=O) groups is 4. The van der Waals surface area contributed by atoms with Gasteiger partial charge >= 0.3 is 5.97 Å². The summed E-state index contributed by atoms with van der Waals surface area (Å²) in [4.78, 5) is 45.0. The molecule has 22 heavy (non-hydrogen) atoms. The Kier molecular flexibility index (Phi) is 9.96. The Morgan fingerprint density at radius 3 is 2.32 bits per heavy atom. The van der Waals surface area contributed by atoms with E-state index in [9.17, 15) is 19.2 Å². The zero-order chi connectivity index (χ0) is 17.1. The Labute approximate surface area is 132 Å². The highest BCUT2D eigenvalue weighted by Crippen LogP contribution is 2.02. The quantitative estimate of drug-likeness (QED) is 0.292. The molecule has 9 nitrogen and oxygen atoms in total. The van der Waals surface area contributed by atoms with E-state index in [0.717, 1.165) is 0 Å². The van der Waals surface area contributed by atoms with Gasteiger partial charge in [-0.05, 0) is 24.9 Å². The summed E-state index contributed by atoms with van der Waals surface area (Å²) in [7, 11) is 0. The fourth-order valence-corrected chi connectivity index (χ4v) is 1.99. The van der Waals surface area contributed by atoms with Crippen LogP contribution in [0.1, 0.15) is 19.3 Å². The van der Waals surface area contributed by atoms with Crippen LogP contribution in [0, 0.1) is 0 Å². The molecule has 2 unspecified atom stereocenters. The third-order valence-corrected chi connectivity index (χ3v) is 3.34. The third-order valence-electron chi connectivity index (χ3n) is 2.70. The monoisotopic (exact) mass is 334 g/mol. The van der Waals surface area contributed by atoms with Gasteiger partial charge < -0.3 is 27.2 Å². The van der Waals surface area contributed by atoms with Crippen LogP contribution in [-0.2, 0) is 19.2 Å². The van der Waals surface area contributed by atoms with E-state index in [1.807, 2.05) is 6.26 Å². The normalized spacial score (nSPS) is 13.0. The summed E-state index contributed by atoms with van der Waals surface area (Å²) in [5.74, 6) is -2.39. The summed E-state index contributed by atoms with van der Waals surface area (Å²) in [6.07, 6.45) is 2.17. The molecule has 3 amide bonds. The number of aliphatic carboxylic acids is 1. The summed E-state index contributed by atoms with van der Waals surface area (Å²) in [5.41, 5.74) is 10.7. The number of carboxylic acids is 1. The average Bonchev–Trinajstić information content (AvgIpc) is 2.45. The SMILES string of the molecule is CSCCC(N)C(=O)NC(CCC(N)=O)C(=O)NCC(=O)O. The first-order valence-corrected chi connectivity index (χ1v) is 8.00. The van der Waals surface area contributed by atoms with Gasteiger partial charge in [-0.15, -0.1) is 0 Å². The number of hydrogen-bond acceptors (Lipinski definition) is 6. The molecule has 0 radical (unpaired) electrons. The molecular weight excluding hydrogens is 312 g/mol. The predicted molar refractivity (Wildman–Crippen MR) is 82.0 cm³/mol. The van der Waals surface area contributed by atoms with Crippen molar-refractivity contribution in [1.29, 1.82) is 0 Å². The van der Waals surface area contributed by atoms with Crippen LogP contribution in [0.15, 0.2) is 0 Å². The highest BCUT2D eigenvalue weighted by Gasteiger charge is 2.24. The third kappa shape index (κ3) is 9.19. The van der Waals surface area contributed by atoms with E-state index in [2.05, 4.69) is 10.6 Å². The molecule has 0 spiro atoms. The second-order valence-electron chi connectivity index (χ2n) is 4.57. The van der Waals surface area contributed by atoms with Gasteiger partial charge in [0.05, 0.1) is 6.04 Å². The minimum absolute atomic E-state index is 0.0260. The van der Waals surface area contributed by atoms with Gasteiger partial charge in [-0.1, -0.05) is 0 Å². The fourth-order valence-electron chi connectivity index (χ4n) is 1.50. The molecule has 0 aromatic rings. The molecule has 0 aliphatic heterocycles. The zero-order valence-electron chi connectivity index (χ0n) is 12.3. The van der Waals surface area contributed by atoms with E-state index in [0.29, 0.717) is 12.2 Å². The smallest absolute Gasteiger partial charge is 0.322 e. The van der Waals surface area contributed by atoms with Crippen molar-refractivity contribution in [2.45, 2.75) is 31.3 Å². The van der Waals surface area contributed by atoms with Crippen molar-refractivity contribution < 1.29 is 24.3 Å². The summed E-state index contributed by atoms with van der Waals surface area (Å²) in [6.45, 7) is -0.583. The Hall–Kier alpha value is -1.81. The van der Waals surface area contributed by atoms with E-state index in [1.54, 1.807) is 0 Å². The largest absolute Gasteiger partial charge is 0.480 e. The van der Waals surface area contributed by atoms with Gasteiger partial charge in [0.15, 0.2) is 0 Å². The minimum Gasteiger partial charge on any atom is -0.480 e. The van der Waals surface area contributed by atoms with E-state index in [4.69, 9.17) is 16.6 Å². The number of nitrogens with two attached hydrogens (primary N) is 2. The maximum Gasteiger partial charge on any atom is 0.322 e. The molecule has 0 saturated carbocycles. The Morgan fingerprint density at radius 2 is 1.82 bits per heavy atom. The van der Waals surface area contributed by atoms with Crippen molar-refractivity contribution in [2.75, 3.05) is 18.6 Å². The van der Waals surface area contributed by atoms with Crippen molar-refractivity contribution in [3.05, 3.63) is 0 Å². The van der Waals surface area contributed by atoms with Gasteiger partial charge in [-0.25, -0.2) is 0 Å². The second kappa shape index (κ2) is 10.9. The molecule has 10 heteroatoms. The summed E-state index contributed by atoms with van der Waals surface area (Å²) in [5, 5.41) is 13.1. The highest BCUT2D eigenvalue weighted by molar-refractivity contribution is 7.98. The van der Waals surface area contributed by atoms with Crippen LogP contribution in [0.4, 0.5) is 0 Å². The van der Waals surface area contributed by atoms with Crippen LogP contribution in [0.2, 0.25) is 0 Å². The first-order valence-electron chi connectivity index (χ1n) is 6.60. The van der Waals surface area contributed by atoms with Crippen LogP contribution in [-0.4, -0.2) is 59.4 Å². The molecule has 0 rings (SSSR count). The van der Waals surface area contributed by atoms with Crippen molar-refractivity contribution >= 4 is 35.5 Å². The lowest BCUT2D eigenvalue weighted by atomic mass is 10.1. The summed E-state index contributed by atoms with van der Waals surface area (Å²) < 4.78 is 0. The molecule has 126 valence electrons. The number of amides is 3. The lowest BCUT2D eigenvalue weighted by Crippen LogP contribution is -2.52. The maximum atomic E-state index is 11.9. The van der Waals surface area contributed by atoms with E-state index >= 15 is 0 Å². The number of nitrogens with one attached hydrogen (secondary N) is 2. The molecule has 0 aromatic carbocycles. The topological polar surface area (TPSA) is 165 Å². The van der Waals surface area contributed by atoms with Crippen LogP contribution >= 0.6 is 11.8 Å². The standard InChI is InChI=1S/C12H22N4O5S/c1-22-5-4-7(13)11(20)16-8(2-3-9(14)17)12(21)15-6-10(18)19/h7-8H,2-6,13H2,1H3,(H2,14,17)(H,15,21)(H,16,20)(H,18,19). The molecular formula is C12H22N4O5S. The molecule has 0 saturated heterocycles. The van der Waals surface area contributed by atoms with Crippen LogP contribution < -0.4 is 22.1 Å². The van der Waals surface area contributed by atoms with E-state index in [-0.39, 0.29) is 12.8 Å². The summed E-state index contributed by atoms with van der Waals surface area (Å²) >= 11 is 1.53. The van der Waals surface area contributed by atoms with Gasteiger partial charge in [0.1, 0.15) is 12.6 Å². The Morgan fingerprint density at radius 1 is 1.18 bits per heavy atom. The molecule has 0 aromatic heterocycles. The van der Waals surface area contributed by atoms with Crippen LogP contribution in [0.5, 0.6) is 0 Å². The first kappa shape index (κ1) is 20.2. The molecule has 2 atom stereocenters. The lowest BCUT2D eigenvalue weighted by molar-refractivity contribution is -0.138. The summed E-state index contributed by atoms with van der Waals surface area (Å²) in [6, 6.07) is -1.84. The Bertz CT molecular complexity index is 418. The van der Waals surface area contributed by atoms with Crippen molar-refractivity contribution in [1.82, 2.24) is 10.6 Å². The van der Waals surface area contributed by atoms with Crippen LogP contribution in [0.25, 0.3) is 0 Å². The fraction of sp³-hybridized carbons (Fsp3) is 0.667. The number of rotatable bonds is 11. The minimum atomic E-state index is -1.22. The van der Waals surface area contributed by atoms with Crippen LogP contribution in [0.3, 0.4) is 0 Å². The average molecular weight is 334 g/mol. The number of carboxylic acid groups (broad SMARTS) is 1. The van der Waals surface area contributed by atoms with Gasteiger partial charge in [0.25, 0.3) is 0 Å². The van der Waals surface area contributed by atoms with Gasteiger partial charge in [-0.2, -0.15) is 11.8 Å². The molecule has 0 aliphatic carbocycles. The number of hydrogen-bond donors (Lipinski definition) is 5. The molecule has 7 N–H and O–H groups in total. The van der Waals surface area contributed by atoms with Gasteiger partial charge in [-0.3, -0.25) is 19.2 Å². The van der Waals surface area contributed by atoms with Gasteiger partial charge in [0.2, 0.25) is 17.7 Å². The molecule has 0 heterocycles. The van der Waals surface area contributed by atoms with Crippen molar-refractivity contribution in [3.8, 4) is 0 Å². The molecule has 0 aliphatic rings. The molecule has 0 fully saturated rings. The first-order chi connectivity index (χ1) is 10.3. The van der Waals surface area contributed by atoms with Crippen molar-refractivity contribution in [3.63, 3.8) is 0 Å². The zero-order valence-corrected chi connectivity index (χ0v) is 13.1. The number of primary amides is 1. The predicted octanol–water partition coefficient (Wildman–Crippen LogP) is -1.98. The second-order valence-corrected chi connectivity index (χ2v) is 5.55. The van der Waals surface area contributed by atoms with E-state index in [1.165, 1.54) is 11.8 Å². The van der Waals surface area contributed by atoms with E-state index < -0.39 is 42.3 Å². The number of carbonyl (C=O) groups excluding carboxylic acids is 3. The highest BCUT2D eigenvalue weighted by atomic mass is 32.2. The van der Waals surface area contributed by atoms with Gasteiger partial charge in [0, 0.05) is 6.42 Å². The molecule has 0 bridgehead atoms.